The molecular formula is C16H23N3O. The molecular weight excluding hydrogens is 250 g/mol. The lowest BCUT2D eigenvalue weighted by Crippen LogP contribution is -2.58. The van der Waals surface area contributed by atoms with Gasteiger partial charge < -0.3 is 15.0 Å². The van der Waals surface area contributed by atoms with Crippen LogP contribution in [0, 0.1) is 0 Å². The number of anilines is 1. The van der Waals surface area contributed by atoms with E-state index in [0.717, 1.165) is 52.4 Å². The number of piperazine rings is 1. The zero-order chi connectivity index (χ0) is 13.4. The predicted molar refractivity (Wildman–Crippen MR) is 80.2 cm³/mol. The van der Waals surface area contributed by atoms with Crippen LogP contribution in [0.3, 0.4) is 0 Å². The van der Waals surface area contributed by atoms with E-state index >= 15 is 0 Å². The molecule has 3 aliphatic heterocycles. The largest absolute Gasteiger partial charge is 0.378 e. The molecule has 0 radical (unpaired) electrons. The van der Waals surface area contributed by atoms with Gasteiger partial charge in [0.25, 0.3) is 0 Å². The lowest BCUT2D eigenvalue weighted by atomic mass is 9.97. The van der Waals surface area contributed by atoms with Gasteiger partial charge in [-0.25, -0.2) is 0 Å². The van der Waals surface area contributed by atoms with Gasteiger partial charge >= 0.3 is 0 Å². The van der Waals surface area contributed by atoms with Crippen molar-refractivity contribution in [2.45, 2.75) is 19.0 Å². The van der Waals surface area contributed by atoms with Gasteiger partial charge in [-0.05, 0) is 30.2 Å². The van der Waals surface area contributed by atoms with Gasteiger partial charge in [-0.1, -0.05) is 12.1 Å². The predicted octanol–water partition coefficient (Wildman–Crippen LogP) is 0.853. The minimum atomic E-state index is 0.579. The molecule has 0 amide bonds. The van der Waals surface area contributed by atoms with Crippen LogP contribution in [0.5, 0.6) is 0 Å². The molecule has 1 aromatic carbocycles. The van der Waals surface area contributed by atoms with E-state index in [9.17, 15) is 0 Å². The Hall–Kier alpha value is -1.10. The summed E-state index contributed by atoms with van der Waals surface area (Å²) in [4.78, 5) is 5.18. The average Bonchev–Trinajstić information content (AvgIpc) is 2.54. The van der Waals surface area contributed by atoms with Crippen molar-refractivity contribution >= 4 is 5.69 Å². The van der Waals surface area contributed by atoms with Crippen LogP contribution >= 0.6 is 0 Å². The molecule has 4 rings (SSSR count). The van der Waals surface area contributed by atoms with Crippen molar-refractivity contribution < 1.29 is 4.74 Å². The van der Waals surface area contributed by atoms with Crippen molar-refractivity contribution in [1.29, 1.82) is 0 Å². The fourth-order valence-corrected chi connectivity index (χ4v) is 3.77. The van der Waals surface area contributed by atoms with E-state index in [1.165, 1.54) is 17.8 Å². The fourth-order valence-electron chi connectivity index (χ4n) is 3.77. The van der Waals surface area contributed by atoms with E-state index in [1.54, 1.807) is 5.56 Å². The summed E-state index contributed by atoms with van der Waals surface area (Å²) in [7, 11) is 0. The zero-order valence-corrected chi connectivity index (χ0v) is 12.0. The monoisotopic (exact) mass is 273 g/mol. The van der Waals surface area contributed by atoms with E-state index in [0.29, 0.717) is 6.04 Å². The summed E-state index contributed by atoms with van der Waals surface area (Å²) in [6.45, 7) is 8.48. The lowest BCUT2D eigenvalue weighted by molar-refractivity contribution is -0.0117. The summed E-state index contributed by atoms with van der Waals surface area (Å²) < 4.78 is 5.66. The number of fused-ring (bicyclic) bond motifs is 2. The normalized spacial score (nSPS) is 27.0. The van der Waals surface area contributed by atoms with Gasteiger partial charge in [-0.15, -0.1) is 0 Å². The van der Waals surface area contributed by atoms with Gasteiger partial charge in [0.05, 0.1) is 19.3 Å². The third kappa shape index (κ3) is 2.22. The smallest absolute Gasteiger partial charge is 0.0639 e. The zero-order valence-electron chi connectivity index (χ0n) is 12.0. The van der Waals surface area contributed by atoms with Crippen LogP contribution < -0.4 is 10.2 Å². The van der Waals surface area contributed by atoms with Crippen molar-refractivity contribution in [3.8, 4) is 0 Å². The maximum atomic E-state index is 5.66. The standard InChI is InChI=1S/C16H23N3O/c1-2-13-10-17-5-4-15(13)16(3-1)19-7-6-18-8-9-20-12-14(18)11-19/h1-3,14,17H,4-12H2. The quantitative estimate of drug-likeness (QED) is 0.821. The number of morpholine rings is 1. The Labute approximate surface area is 120 Å². The van der Waals surface area contributed by atoms with Gasteiger partial charge in [0, 0.05) is 38.4 Å². The van der Waals surface area contributed by atoms with Crippen molar-refractivity contribution in [2.75, 3.05) is 50.8 Å². The summed E-state index contributed by atoms with van der Waals surface area (Å²) in [5.41, 5.74) is 4.52. The second-order valence-electron chi connectivity index (χ2n) is 6.05. The van der Waals surface area contributed by atoms with Crippen LogP contribution in [0.25, 0.3) is 0 Å². The van der Waals surface area contributed by atoms with Gasteiger partial charge in [0.2, 0.25) is 0 Å². The number of nitrogens with zero attached hydrogens (tertiary/aromatic N) is 2. The molecule has 0 aliphatic carbocycles. The van der Waals surface area contributed by atoms with Crippen LogP contribution in [0.1, 0.15) is 11.1 Å². The molecule has 1 unspecified atom stereocenters. The highest BCUT2D eigenvalue weighted by molar-refractivity contribution is 5.58. The highest BCUT2D eigenvalue weighted by atomic mass is 16.5. The molecule has 108 valence electrons. The number of rotatable bonds is 1. The van der Waals surface area contributed by atoms with E-state index < -0.39 is 0 Å². The van der Waals surface area contributed by atoms with Crippen LogP contribution in [0.4, 0.5) is 5.69 Å². The van der Waals surface area contributed by atoms with Gasteiger partial charge in [-0.3, -0.25) is 4.90 Å². The first kappa shape index (κ1) is 12.6. The van der Waals surface area contributed by atoms with Crippen LogP contribution in [-0.4, -0.2) is 56.9 Å². The maximum Gasteiger partial charge on any atom is 0.0639 e. The van der Waals surface area contributed by atoms with Crippen LogP contribution in [0.2, 0.25) is 0 Å². The Kier molecular flexibility index (Phi) is 3.38. The molecule has 0 saturated carbocycles. The van der Waals surface area contributed by atoms with Gasteiger partial charge in [0.15, 0.2) is 0 Å². The molecule has 3 aliphatic rings. The first-order valence-corrected chi connectivity index (χ1v) is 7.80. The minimum Gasteiger partial charge on any atom is -0.378 e. The highest BCUT2D eigenvalue weighted by Gasteiger charge is 2.30. The van der Waals surface area contributed by atoms with Crippen LogP contribution in [0.15, 0.2) is 18.2 Å². The summed E-state index contributed by atoms with van der Waals surface area (Å²) >= 11 is 0. The van der Waals surface area contributed by atoms with Gasteiger partial charge in [-0.2, -0.15) is 0 Å². The Morgan fingerprint density at radius 2 is 2.20 bits per heavy atom. The molecule has 0 aromatic heterocycles. The van der Waals surface area contributed by atoms with Crippen molar-refractivity contribution in [3.63, 3.8) is 0 Å². The molecule has 1 atom stereocenters. The number of ether oxygens (including phenoxy) is 1. The maximum absolute atomic E-state index is 5.66. The summed E-state index contributed by atoms with van der Waals surface area (Å²) in [5, 5.41) is 3.47. The Morgan fingerprint density at radius 3 is 3.20 bits per heavy atom. The fraction of sp³-hybridized carbons (Fsp3) is 0.625. The second kappa shape index (κ2) is 5.35. The summed E-state index contributed by atoms with van der Waals surface area (Å²) in [6.07, 6.45) is 1.16. The molecule has 0 spiro atoms. The lowest BCUT2D eigenvalue weighted by Gasteiger charge is -2.45. The van der Waals surface area contributed by atoms with Crippen LogP contribution in [-0.2, 0) is 17.7 Å². The number of hydrogen-bond donors (Lipinski definition) is 1. The number of nitrogens with one attached hydrogen (secondary N) is 1. The van der Waals surface area contributed by atoms with E-state index in [4.69, 9.17) is 4.74 Å². The molecule has 3 heterocycles. The van der Waals surface area contributed by atoms with Gasteiger partial charge in [0.1, 0.15) is 0 Å². The average molecular weight is 273 g/mol. The molecule has 1 aromatic rings. The molecule has 2 fully saturated rings. The Morgan fingerprint density at radius 1 is 1.20 bits per heavy atom. The number of hydrogen-bond acceptors (Lipinski definition) is 4. The van der Waals surface area contributed by atoms with Crippen molar-refractivity contribution in [2.24, 2.45) is 0 Å². The van der Waals surface area contributed by atoms with E-state index in [-0.39, 0.29) is 0 Å². The third-order valence-corrected chi connectivity index (χ3v) is 4.89. The summed E-state index contributed by atoms with van der Waals surface area (Å²) in [5.74, 6) is 0. The molecule has 2 saturated heterocycles. The van der Waals surface area contributed by atoms with Crippen molar-refractivity contribution in [1.82, 2.24) is 10.2 Å². The first-order chi connectivity index (χ1) is 9.92. The molecule has 0 bridgehead atoms. The first-order valence-electron chi connectivity index (χ1n) is 7.80. The third-order valence-electron chi connectivity index (χ3n) is 4.89. The Bertz CT molecular complexity index is 491. The molecule has 1 N–H and O–H groups in total. The van der Waals surface area contributed by atoms with Crippen molar-refractivity contribution in [3.05, 3.63) is 29.3 Å². The molecule has 4 heteroatoms. The summed E-state index contributed by atoms with van der Waals surface area (Å²) in [6, 6.07) is 7.37. The Balaban J connectivity index is 1.58. The topological polar surface area (TPSA) is 27.7 Å². The molecule has 20 heavy (non-hydrogen) atoms. The van der Waals surface area contributed by atoms with E-state index in [2.05, 4.69) is 33.3 Å². The molecule has 4 nitrogen and oxygen atoms in total. The minimum absolute atomic E-state index is 0.579. The number of benzene rings is 1. The SMILES string of the molecule is c1cc2c(c(N3CCN4CCOCC4C3)c1)CCNC2. The van der Waals surface area contributed by atoms with E-state index in [1.807, 2.05) is 0 Å². The second-order valence-corrected chi connectivity index (χ2v) is 6.05. The highest BCUT2D eigenvalue weighted by Crippen LogP contribution is 2.29.